The first kappa shape index (κ1) is 25.6. The molecule has 0 radical (unpaired) electrons. The van der Waals surface area contributed by atoms with Crippen molar-refractivity contribution in [2.75, 3.05) is 25.0 Å². The molecule has 1 aliphatic heterocycles. The molecule has 7 heteroatoms. The number of esters is 1. The van der Waals surface area contributed by atoms with Crippen molar-refractivity contribution in [3.63, 3.8) is 0 Å². The van der Waals surface area contributed by atoms with Gasteiger partial charge in [-0.05, 0) is 81.2 Å². The van der Waals surface area contributed by atoms with Crippen LogP contribution in [0.25, 0.3) is 10.9 Å². The van der Waals surface area contributed by atoms with Crippen LogP contribution in [0.3, 0.4) is 0 Å². The lowest BCUT2D eigenvalue weighted by Crippen LogP contribution is -3.14. The van der Waals surface area contributed by atoms with E-state index in [0.29, 0.717) is 35.7 Å². The molecule has 3 aliphatic rings. The van der Waals surface area contributed by atoms with E-state index in [-0.39, 0.29) is 11.9 Å². The Morgan fingerprint density at radius 3 is 2.74 bits per heavy atom. The van der Waals surface area contributed by atoms with Crippen LogP contribution in [0, 0.1) is 13.8 Å². The number of aromatic nitrogens is 1. The van der Waals surface area contributed by atoms with Gasteiger partial charge in [0.25, 0.3) is 5.91 Å². The van der Waals surface area contributed by atoms with Crippen molar-refractivity contribution in [2.24, 2.45) is 0 Å². The highest BCUT2D eigenvalue weighted by molar-refractivity contribution is 7.16. The molecule has 1 aromatic carbocycles. The summed E-state index contributed by atoms with van der Waals surface area (Å²) in [5, 5.41) is 5.16. The van der Waals surface area contributed by atoms with Crippen molar-refractivity contribution >= 4 is 39.1 Å². The summed E-state index contributed by atoms with van der Waals surface area (Å²) in [7, 11) is 0. The fraction of sp³-hybridized carbons (Fsp3) is 0.548. The minimum absolute atomic E-state index is 0.0249. The summed E-state index contributed by atoms with van der Waals surface area (Å²) in [4.78, 5) is 28.3. The molecule has 38 heavy (non-hydrogen) atoms. The van der Waals surface area contributed by atoms with Gasteiger partial charge in [-0.25, -0.2) is 4.79 Å². The number of nitrogens with zero attached hydrogens (tertiary/aromatic N) is 1. The lowest BCUT2D eigenvalue weighted by atomic mass is 9.83. The van der Waals surface area contributed by atoms with Crippen LogP contribution in [0.15, 0.2) is 18.2 Å². The quantitative estimate of drug-likeness (QED) is 0.413. The maximum atomic E-state index is 13.3. The van der Waals surface area contributed by atoms with Gasteiger partial charge < -0.3 is 19.5 Å². The zero-order valence-corrected chi connectivity index (χ0v) is 23.8. The fourth-order valence-electron chi connectivity index (χ4n) is 7.25. The second-order valence-electron chi connectivity index (χ2n) is 11.4. The van der Waals surface area contributed by atoms with E-state index in [9.17, 15) is 9.59 Å². The third-order valence-corrected chi connectivity index (χ3v) is 10.3. The topological polar surface area (TPSA) is 64.8 Å². The summed E-state index contributed by atoms with van der Waals surface area (Å²) in [5.74, 6) is 0.332. The molecule has 0 bridgehead atoms. The molecule has 2 aliphatic carbocycles. The molecule has 1 amide bonds. The first-order chi connectivity index (χ1) is 18.5. The Hall–Kier alpha value is -2.64. The van der Waals surface area contributed by atoms with Crippen LogP contribution in [0.4, 0.5) is 5.00 Å². The standard InChI is InChI=1S/C31H39N3O3S/c1-4-37-31(36)28-19(2)20(3)38-30(28)32-27(35)18-33-15-16-34-25-14-13-22(21-9-6-5-7-10-21)17-24(25)23-11-8-12-26(33)29(23)34/h13-14,17,21,26H,4-12,15-16,18H2,1-3H3,(H,32,35)/p+1/t26-/m1/s1. The van der Waals surface area contributed by atoms with Crippen LogP contribution in [0.1, 0.15) is 101 Å². The molecule has 2 atom stereocenters. The van der Waals surface area contributed by atoms with E-state index in [0.717, 1.165) is 36.4 Å². The monoisotopic (exact) mass is 534 g/mol. The Kier molecular flexibility index (Phi) is 7.08. The highest BCUT2D eigenvalue weighted by atomic mass is 32.1. The summed E-state index contributed by atoms with van der Waals surface area (Å²) in [5.41, 5.74) is 7.31. The maximum Gasteiger partial charge on any atom is 0.341 e. The molecule has 6 rings (SSSR count). The van der Waals surface area contributed by atoms with Gasteiger partial charge >= 0.3 is 5.97 Å². The van der Waals surface area contributed by atoms with Crippen LogP contribution in [-0.2, 0) is 22.5 Å². The van der Waals surface area contributed by atoms with Crippen LogP contribution >= 0.6 is 11.3 Å². The Morgan fingerprint density at radius 2 is 1.95 bits per heavy atom. The number of hydrogen-bond donors (Lipinski definition) is 2. The molecule has 3 heterocycles. The first-order valence-electron chi connectivity index (χ1n) is 14.5. The third kappa shape index (κ3) is 4.47. The lowest BCUT2D eigenvalue weighted by Gasteiger charge is -2.36. The van der Waals surface area contributed by atoms with Crippen molar-refractivity contribution in [3.05, 3.63) is 51.0 Å². The van der Waals surface area contributed by atoms with Gasteiger partial charge in [-0.2, -0.15) is 0 Å². The van der Waals surface area contributed by atoms with Gasteiger partial charge in [0.1, 0.15) is 11.0 Å². The molecule has 202 valence electrons. The largest absolute Gasteiger partial charge is 0.462 e. The Balaban J connectivity index is 1.24. The molecule has 0 spiro atoms. The Morgan fingerprint density at radius 1 is 1.13 bits per heavy atom. The van der Waals surface area contributed by atoms with Crippen LogP contribution < -0.4 is 10.2 Å². The number of rotatable bonds is 6. The summed E-state index contributed by atoms with van der Waals surface area (Å²) in [6, 6.07) is 7.63. The van der Waals surface area contributed by atoms with Gasteiger partial charge in [0.05, 0.1) is 31.0 Å². The molecule has 2 aromatic heterocycles. The zero-order chi connectivity index (χ0) is 26.4. The lowest BCUT2D eigenvalue weighted by molar-refractivity contribution is -0.929. The van der Waals surface area contributed by atoms with Crippen LogP contribution in [0.2, 0.25) is 0 Å². The normalized spacial score (nSPS) is 21.3. The van der Waals surface area contributed by atoms with Crippen LogP contribution in [-0.4, -0.2) is 36.1 Å². The van der Waals surface area contributed by atoms with Gasteiger partial charge in [0, 0.05) is 22.2 Å². The van der Waals surface area contributed by atoms with E-state index in [1.165, 1.54) is 82.5 Å². The second-order valence-corrected chi connectivity index (χ2v) is 12.6. The number of benzene rings is 1. The summed E-state index contributed by atoms with van der Waals surface area (Å²) in [6.45, 7) is 8.32. The van der Waals surface area contributed by atoms with Gasteiger partial charge in [0.15, 0.2) is 6.54 Å². The smallest absolute Gasteiger partial charge is 0.341 e. The number of thiophene rings is 1. The predicted octanol–water partition coefficient (Wildman–Crippen LogP) is 5.46. The minimum Gasteiger partial charge on any atom is -0.462 e. The van der Waals surface area contributed by atoms with Crippen molar-refractivity contribution < 1.29 is 19.2 Å². The average Bonchev–Trinajstić information content (AvgIpc) is 3.39. The second kappa shape index (κ2) is 10.5. The maximum absolute atomic E-state index is 13.3. The van der Waals surface area contributed by atoms with Gasteiger partial charge in [-0.1, -0.05) is 25.3 Å². The number of amides is 1. The van der Waals surface area contributed by atoms with E-state index in [1.807, 2.05) is 13.8 Å². The molecule has 1 saturated carbocycles. The minimum atomic E-state index is -0.357. The number of quaternary nitrogens is 1. The average molecular weight is 535 g/mol. The number of nitrogens with one attached hydrogen (secondary N) is 2. The molecule has 0 saturated heterocycles. The van der Waals surface area contributed by atoms with Crippen molar-refractivity contribution in [1.82, 2.24) is 4.57 Å². The molecule has 1 unspecified atom stereocenters. The molecular weight excluding hydrogens is 494 g/mol. The molecule has 1 fully saturated rings. The third-order valence-electron chi connectivity index (χ3n) is 9.22. The number of anilines is 1. The van der Waals surface area contributed by atoms with Crippen molar-refractivity contribution in [1.29, 1.82) is 0 Å². The Labute approximate surface area is 229 Å². The van der Waals surface area contributed by atoms with Crippen LogP contribution in [0.5, 0.6) is 0 Å². The molecular formula is C31H40N3O3S+. The van der Waals surface area contributed by atoms with Gasteiger partial charge in [-0.15, -0.1) is 11.3 Å². The number of aryl methyl sites for hydroxylation is 2. The number of ether oxygens (including phenoxy) is 1. The number of fused-ring (bicyclic) bond motifs is 3. The van der Waals surface area contributed by atoms with E-state index in [1.54, 1.807) is 6.92 Å². The fourth-order valence-corrected chi connectivity index (χ4v) is 8.32. The van der Waals surface area contributed by atoms with Gasteiger partial charge in [-0.3, -0.25) is 4.79 Å². The van der Waals surface area contributed by atoms with E-state index in [2.05, 4.69) is 28.1 Å². The summed E-state index contributed by atoms with van der Waals surface area (Å²) < 4.78 is 7.83. The first-order valence-corrected chi connectivity index (χ1v) is 15.3. The SMILES string of the molecule is CCOC(=O)c1c(NC(=O)C[NH+]2CCn3c4c(c5cc(C6CCCCC6)ccc53)CCC[C@H]42)sc(C)c1C. The summed E-state index contributed by atoms with van der Waals surface area (Å²) >= 11 is 1.46. The van der Waals surface area contributed by atoms with E-state index in [4.69, 9.17) is 4.74 Å². The molecule has 2 N–H and O–H groups in total. The summed E-state index contributed by atoms with van der Waals surface area (Å²) in [6.07, 6.45) is 10.2. The Bertz CT molecular complexity index is 1380. The van der Waals surface area contributed by atoms with Gasteiger partial charge in [0.2, 0.25) is 0 Å². The number of carbonyl (C=O) groups excluding carboxylic acids is 2. The van der Waals surface area contributed by atoms with Crippen molar-refractivity contribution in [3.8, 4) is 0 Å². The molecule has 3 aromatic rings. The number of carbonyl (C=O) groups is 2. The van der Waals surface area contributed by atoms with E-state index < -0.39 is 0 Å². The zero-order valence-electron chi connectivity index (χ0n) is 23.0. The number of hydrogen-bond acceptors (Lipinski definition) is 4. The molecule has 6 nitrogen and oxygen atoms in total. The highest BCUT2D eigenvalue weighted by Gasteiger charge is 2.39. The van der Waals surface area contributed by atoms with Crippen molar-refractivity contribution in [2.45, 2.75) is 90.6 Å². The highest BCUT2D eigenvalue weighted by Crippen LogP contribution is 2.40. The predicted molar refractivity (Wildman–Crippen MR) is 153 cm³/mol. The van der Waals surface area contributed by atoms with E-state index >= 15 is 0 Å².